The summed E-state index contributed by atoms with van der Waals surface area (Å²) in [5.41, 5.74) is 1.28. The van der Waals surface area contributed by atoms with Crippen molar-refractivity contribution in [2.24, 2.45) is 0 Å². The van der Waals surface area contributed by atoms with Gasteiger partial charge in [0, 0.05) is 6.07 Å². The number of benzene rings is 1. The molecule has 0 bridgehead atoms. The molecule has 0 radical (unpaired) electrons. The predicted molar refractivity (Wildman–Crippen MR) is 84.7 cm³/mol. The van der Waals surface area contributed by atoms with Crippen LogP contribution in [0, 0.1) is 0 Å². The molecule has 0 fully saturated rings. The first kappa shape index (κ1) is 15.3. The summed E-state index contributed by atoms with van der Waals surface area (Å²) in [5.74, 6) is 2.05. The molecule has 1 heterocycles. The van der Waals surface area contributed by atoms with Crippen molar-refractivity contribution < 1.29 is 14.6 Å². The van der Waals surface area contributed by atoms with Crippen LogP contribution in [0.5, 0.6) is 5.75 Å². The molecule has 1 aromatic carbocycles. The third-order valence-corrected chi connectivity index (χ3v) is 3.45. The van der Waals surface area contributed by atoms with Crippen LogP contribution in [-0.2, 0) is 6.54 Å². The van der Waals surface area contributed by atoms with Gasteiger partial charge in [-0.2, -0.15) is 0 Å². The van der Waals surface area contributed by atoms with Gasteiger partial charge in [0.25, 0.3) is 5.82 Å². The van der Waals surface area contributed by atoms with Crippen LogP contribution >= 0.6 is 0 Å². The standard InChI is InChI=1S/C17H23N3O/c1-19(2)12-13-20(17-6-4-5-11-18-17)14-15-7-9-16(21-3)10-8-15/h4-11H,12-14H2,1-3H3/p+2. The lowest BCUT2D eigenvalue weighted by atomic mass is 10.2. The first-order valence-electron chi connectivity index (χ1n) is 7.32. The second-order valence-electron chi connectivity index (χ2n) is 5.47. The summed E-state index contributed by atoms with van der Waals surface area (Å²) in [6.07, 6.45) is 1.97. The molecule has 2 aromatic rings. The van der Waals surface area contributed by atoms with Gasteiger partial charge in [0.15, 0.2) is 0 Å². The molecular formula is C17H25N3O+2. The summed E-state index contributed by atoms with van der Waals surface area (Å²) in [7, 11) is 6.06. The van der Waals surface area contributed by atoms with Crippen LogP contribution in [0.4, 0.5) is 5.82 Å². The molecule has 0 saturated heterocycles. The summed E-state index contributed by atoms with van der Waals surface area (Å²) in [6, 6.07) is 14.5. The van der Waals surface area contributed by atoms with E-state index in [1.165, 1.54) is 10.5 Å². The third-order valence-electron chi connectivity index (χ3n) is 3.45. The Hall–Kier alpha value is -2.07. The Morgan fingerprint density at radius 1 is 1.10 bits per heavy atom. The van der Waals surface area contributed by atoms with E-state index in [2.05, 4.69) is 48.2 Å². The third kappa shape index (κ3) is 4.76. The lowest BCUT2D eigenvalue weighted by Gasteiger charge is -2.18. The van der Waals surface area contributed by atoms with Crippen molar-refractivity contribution in [2.75, 3.05) is 39.2 Å². The van der Waals surface area contributed by atoms with Crippen molar-refractivity contribution in [2.45, 2.75) is 6.54 Å². The number of ether oxygens (including phenoxy) is 1. The molecule has 0 aliphatic rings. The molecule has 2 rings (SSSR count). The zero-order valence-corrected chi connectivity index (χ0v) is 13.1. The smallest absolute Gasteiger partial charge is 0.274 e. The van der Waals surface area contributed by atoms with E-state index < -0.39 is 0 Å². The van der Waals surface area contributed by atoms with E-state index >= 15 is 0 Å². The molecule has 4 heteroatoms. The number of anilines is 1. The number of hydrogen-bond donors (Lipinski definition) is 1. The maximum Gasteiger partial charge on any atom is 0.274 e. The Bertz CT molecular complexity index is 525. The minimum absolute atomic E-state index is 0.887. The van der Waals surface area contributed by atoms with Gasteiger partial charge < -0.3 is 9.64 Å². The fourth-order valence-corrected chi connectivity index (χ4v) is 2.18. The van der Waals surface area contributed by atoms with Crippen LogP contribution in [0.1, 0.15) is 5.56 Å². The van der Waals surface area contributed by atoms with E-state index in [-0.39, 0.29) is 0 Å². The summed E-state index contributed by atoms with van der Waals surface area (Å²) in [4.78, 5) is 7.15. The van der Waals surface area contributed by atoms with Gasteiger partial charge in [-0.25, -0.2) is 4.98 Å². The minimum Gasteiger partial charge on any atom is -0.497 e. The summed E-state index contributed by atoms with van der Waals surface area (Å²) >= 11 is 0. The molecule has 0 unspecified atom stereocenters. The summed E-state index contributed by atoms with van der Waals surface area (Å²) in [6.45, 7) is 2.99. The second-order valence-corrected chi connectivity index (χ2v) is 5.47. The molecule has 4 nitrogen and oxygen atoms in total. The number of quaternary nitrogens is 1. The second kappa shape index (κ2) is 7.64. The van der Waals surface area contributed by atoms with Crippen LogP contribution in [-0.4, -0.2) is 34.3 Å². The van der Waals surface area contributed by atoms with E-state index in [0.717, 1.165) is 31.2 Å². The molecule has 0 spiro atoms. The zero-order valence-electron chi connectivity index (χ0n) is 13.1. The molecule has 1 aromatic heterocycles. The monoisotopic (exact) mass is 287 g/mol. The normalized spacial score (nSPS) is 10.7. The van der Waals surface area contributed by atoms with Gasteiger partial charge in [0.2, 0.25) is 0 Å². The first-order chi connectivity index (χ1) is 10.2. The number of aromatic nitrogens is 1. The van der Waals surface area contributed by atoms with E-state index in [1.807, 2.05) is 24.4 Å². The number of aromatic amines is 1. The van der Waals surface area contributed by atoms with Gasteiger partial charge in [0.1, 0.15) is 25.4 Å². The zero-order chi connectivity index (χ0) is 15.1. The highest BCUT2D eigenvalue weighted by Crippen LogP contribution is 2.15. The highest BCUT2D eigenvalue weighted by atomic mass is 16.5. The Balaban J connectivity index is 2.10. The highest BCUT2D eigenvalue weighted by molar-refractivity contribution is 5.35. The van der Waals surface area contributed by atoms with Crippen molar-refractivity contribution in [3.05, 3.63) is 54.2 Å². The van der Waals surface area contributed by atoms with Gasteiger partial charge in [0.05, 0.1) is 27.4 Å². The van der Waals surface area contributed by atoms with Crippen molar-refractivity contribution in [1.82, 2.24) is 0 Å². The van der Waals surface area contributed by atoms with Gasteiger partial charge in [-0.15, -0.1) is 0 Å². The van der Waals surface area contributed by atoms with Crippen molar-refractivity contribution in [3.8, 4) is 5.75 Å². The number of hydrogen-bond acceptors (Lipinski definition) is 2. The molecule has 21 heavy (non-hydrogen) atoms. The van der Waals surface area contributed by atoms with E-state index in [0.29, 0.717) is 0 Å². The molecule has 0 aliphatic heterocycles. The number of methoxy groups -OCH3 is 1. The molecule has 112 valence electrons. The molecule has 2 N–H and O–H groups in total. The Morgan fingerprint density at radius 2 is 1.86 bits per heavy atom. The number of pyridine rings is 1. The fourth-order valence-electron chi connectivity index (χ4n) is 2.18. The molecule has 0 atom stereocenters. The van der Waals surface area contributed by atoms with Crippen LogP contribution < -0.4 is 19.5 Å². The number of nitrogens with zero attached hydrogens (tertiary/aromatic N) is 1. The lowest BCUT2D eigenvalue weighted by Crippen LogP contribution is -3.06. The number of nitrogens with one attached hydrogen (secondary N) is 2. The van der Waals surface area contributed by atoms with Gasteiger partial charge in [-0.3, -0.25) is 4.90 Å². The highest BCUT2D eigenvalue weighted by Gasteiger charge is 2.16. The predicted octanol–water partition coefficient (Wildman–Crippen LogP) is 0.660. The number of rotatable bonds is 7. The Kier molecular flexibility index (Phi) is 5.58. The van der Waals surface area contributed by atoms with Crippen molar-refractivity contribution >= 4 is 5.82 Å². The quantitative estimate of drug-likeness (QED) is 0.811. The fraction of sp³-hybridized carbons (Fsp3) is 0.353. The van der Waals surface area contributed by atoms with Gasteiger partial charge in [-0.05, 0) is 23.8 Å². The maximum absolute atomic E-state index is 5.21. The largest absolute Gasteiger partial charge is 0.497 e. The minimum atomic E-state index is 0.887. The Morgan fingerprint density at radius 3 is 2.43 bits per heavy atom. The average Bonchev–Trinajstić information content (AvgIpc) is 2.52. The topological polar surface area (TPSA) is 31.1 Å². The van der Waals surface area contributed by atoms with Crippen LogP contribution in [0.3, 0.4) is 0 Å². The van der Waals surface area contributed by atoms with Gasteiger partial charge in [-0.1, -0.05) is 18.2 Å². The van der Waals surface area contributed by atoms with Crippen LogP contribution in [0.2, 0.25) is 0 Å². The number of H-pyrrole nitrogens is 1. The van der Waals surface area contributed by atoms with Gasteiger partial charge >= 0.3 is 0 Å². The molecule has 0 saturated carbocycles. The summed E-state index contributed by atoms with van der Waals surface area (Å²) in [5, 5.41) is 0. The van der Waals surface area contributed by atoms with E-state index in [9.17, 15) is 0 Å². The van der Waals surface area contributed by atoms with Crippen molar-refractivity contribution in [1.29, 1.82) is 0 Å². The molecular weight excluding hydrogens is 262 g/mol. The first-order valence-corrected chi connectivity index (χ1v) is 7.32. The average molecular weight is 287 g/mol. The number of likely N-dealkylation sites (N-methyl/N-ethyl adjacent to an activating group) is 1. The maximum atomic E-state index is 5.21. The molecule has 0 aliphatic carbocycles. The van der Waals surface area contributed by atoms with Crippen LogP contribution in [0.15, 0.2) is 48.7 Å². The van der Waals surface area contributed by atoms with Crippen molar-refractivity contribution in [3.63, 3.8) is 0 Å². The van der Waals surface area contributed by atoms with E-state index in [1.54, 1.807) is 7.11 Å². The summed E-state index contributed by atoms with van der Waals surface area (Å²) < 4.78 is 5.21. The molecule has 0 amide bonds. The van der Waals surface area contributed by atoms with E-state index in [4.69, 9.17) is 4.74 Å². The SMILES string of the molecule is COc1ccc(CN(CC[NH+](C)C)c2cccc[nH+]2)cc1. The van der Waals surface area contributed by atoms with Crippen LogP contribution in [0.25, 0.3) is 0 Å². The Labute approximate surface area is 127 Å². The lowest BCUT2D eigenvalue weighted by molar-refractivity contribution is -0.856.